The molecular formula is C13H26N2O. The van der Waals surface area contributed by atoms with Gasteiger partial charge in [0, 0.05) is 13.6 Å². The third-order valence-corrected chi connectivity index (χ3v) is 3.36. The summed E-state index contributed by atoms with van der Waals surface area (Å²) in [6.45, 7) is 7.38. The molecule has 1 saturated heterocycles. The van der Waals surface area contributed by atoms with Gasteiger partial charge in [0.25, 0.3) is 0 Å². The minimum Gasteiger partial charge on any atom is -0.344 e. The van der Waals surface area contributed by atoms with Crippen LogP contribution < -0.4 is 0 Å². The van der Waals surface area contributed by atoms with Crippen molar-refractivity contribution < 1.29 is 4.79 Å². The molecule has 3 nitrogen and oxygen atoms in total. The van der Waals surface area contributed by atoms with E-state index in [0.717, 1.165) is 38.9 Å². The third kappa shape index (κ3) is 3.48. The fraction of sp³-hybridized carbons (Fsp3) is 0.923. The molecule has 1 aliphatic rings. The molecule has 1 atom stereocenters. The van der Waals surface area contributed by atoms with Gasteiger partial charge in [0.2, 0.25) is 5.91 Å². The third-order valence-electron chi connectivity index (χ3n) is 3.36. The summed E-state index contributed by atoms with van der Waals surface area (Å²) in [7, 11) is 1.94. The van der Waals surface area contributed by atoms with Gasteiger partial charge in [0.15, 0.2) is 0 Å². The largest absolute Gasteiger partial charge is 0.344 e. The summed E-state index contributed by atoms with van der Waals surface area (Å²) in [6, 6.07) is 0.143. The monoisotopic (exact) mass is 226 g/mol. The van der Waals surface area contributed by atoms with Gasteiger partial charge in [-0.05, 0) is 38.8 Å². The van der Waals surface area contributed by atoms with E-state index in [1.54, 1.807) is 0 Å². The maximum atomic E-state index is 12.3. The predicted octanol–water partition coefficient (Wildman–Crippen LogP) is 2.12. The number of likely N-dealkylation sites (tertiary alicyclic amines) is 1. The number of carbonyl (C=O) groups is 1. The van der Waals surface area contributed by atoms with Crippen molar-refractivity contribution in [2.24, 2.45) is 0 Å². The van der Waals surface area contributed by atoms with Crippen molar-refractivity contribution in [1.29, 1.82) is 0 Å². The number of carbonyl (C=O) groups excluding carboxylic acids is 1. The van der Waals surface area contributed by atoms with E-state index in [9.17, 15) is 4.79 Å². The van der Waals surface area contributed by atoms with Crippen molar-refractivity contribution in [2.75, 3.05) is 26.7 Å². The number of amides is 1. The molecule has 0 radical (unpaired) electrons. The Hall–Kier alpha value is -0.570. The minimum atomic E-state index is 0.143. The van der Waals surface area contributed by atoms with Gasteiger partial charge in [-0.15, -0.1) is 0 Å². The highest BCUT2D eigenvalue weighted by Gasteiger charge is 2.28. The van der Waals surface area contributed by atoms with Crippen LogP contribution in [0.2, 0.25) is 0 Å². The van der Waals surface area contributed by atoms with E-state index in [4.69, 9.17) is 0 Å². The summed E-state index contributed by atoms with van der Waals surface area (Å²) >= 11 is 0. The second kappa shape index (κ2) is 6.89. The molecule has 0 bridgehead atoms. The predicted molar refractivity (Wildman–Crippen MR) is 67.4 cm³/mol. The molecule has 0 saturated carbocycles. The van der Waals surface area contributed by atoms with Crippen LogP contribution in [0.4, 0.5) is 0 Å². The van der Waals surface area contributed by atoms with E-state index in [-0.39, 0.29) is 6.04 Å². The maximum Gasteiger partial charge on any atom is 0.239 e. The average Bonchev–Trinajstić information content (AvgIpc) is 2.78. The van der Waals surface area contributed by atoms with Crippen LogP contribution in [-0.2, 0) is 4.79 Å². The molecule has 0 aromatic rings. The minimum absolute atomic E-state index is 0.143. The second-order valence-corrected chi connectivity index (χ2v) is 4.81. The van der Waals surface area contributed by atoms with Gasteiger partial charge < -0.3 is 4.90 Å². The lowest BCUT2D eigenvalue weighted by molar-refractivity contribution is -0.135. The standard InChI is InChI=1S/C13H26N2O/c1-4-8-12(15-10-6-7-11-15)13(16)14(3)9-5-2/h12H,4-11H2,1-3H3/t12-/m0/s1. The van der Waals surface area contributed by atoms with Crippen LogP contribution in [0, 0.1) is 0 Å². The van der Waals surface area contributed by atoms with E-state index in [1.807, 2.05) is 11.9 Å². The molecule has 16 heavy (non-hydrogen) atoms. The SMILES string of the molecule is CCC[C@@H](C(=O)N(C)CCC)N1CCCC1. The first kappa shape index (κ1) is 13.5. The molecule has 0 aromatic carbocycles. The van der Waals surface area contributed by atoms with Crippen LogP contribution in [0.1, 0.15) is 46.0 Å². The zero-order valence-electron chi connectivity index (χ0n) is 11.0. The van der Waals surface area contributed by atoms with Crippen molar-refractivity contribution in [3.05, 3.63) is 0 Å². The normalized spacial score (nSPS) is 18.7. The molecule has 0 aromatic heterocycles. The van der Waals surface area contributed by atoms with Gasteiger partial charge in [-0.3, -0.25) is 9.69 Å². The quantitative estimate of drug-likeness (QED) is 0.692. The Morgan fingerprint density at radius 1 is 1.25 bits per heavy atom. The summed E-state index contributed by atoms with van der Waals surface area (Å²) in [5, 5.41) is 0. The molecule has 0 unspecified atom stereocenters. The topological polar surface area (TPSA) is 23.6 Å². The summed E-state index contributed by atoms with van der Waals surface area (Å²) in [5.41, 5.74) is 0. The summed E-state index contributed by atoms with van der Waals surface area (Å²) < 4.78 is 0. The molecule has 1 fully saturated rings. The molecular weight excluding hydrogens is 200 g/mol. The van der Waals surface area contributed by atoms with Crippen LogP contribution >= 0.6 is 0 Å². The van der Waals surface area contributed by atoms with Crippen LogP contribution in [0.3, 0.4) is 0 Å². The molecule has 1 amide bonds. The summed E-state index contributed by atoms with van der Waals surface area (Å²) in [4.78, 5) is 16.6. The van der Waals surface area contributed by atoms with Crippen LogP contribution in [0.15, 0.2) is 0 Å². The Kier molecular flexibility index (Phi) is 5.81. The molecule has 0 N–H and O–H groups in total. The van der Waals surface area contributed by atoms with Crippen LogP contribution in [-0.4, -0.2) is 48.4 Å². The second-order valence-electron chi connectivity index (χ2n) is 4.81. The van der Waals surface area contributed by atoms with Crippen molar-refractivity contribution in [2.45, 2.75) is 52.0 Å². The van der Waals surface area contributed by atoms with Gasteiger partial charge in [0.1, 0.15) is 0 Å². The fourth-order valence-electron chi connectivity index (χ4n) is 2.49. The highest BCUT2D eigenvalue weighted by Crippen LogP contribution is 2.17. The lowest BCUT2D eigenvalue weighted by Gasteiger charge is -2.30. The highest BCUT2D eigenvalue weighted by molar-refractivity contribution is 5.81. The molecule has 1 aliphatic heterocycles. The van der Waals surface area contributed by atoms with Gasteiger partial charge in [-0.1, -0.05) is 20.3 Å². The first-order valence-electron chi connectivity index (χ1n) is 6.69. The van der Waals surface area contributed by atoms with Crippen molar-refractivity contribution in [3.63, 3.8) is 0 Å². The van der Waals surface area contributed by atoms with Crippen LogP contribution in [0.5, 0.6) is 0 Å². The summed E-state index contributed by atoms with van der Waals surface area (Å²) in [5.74, 6) is 0.325. The zero-order valence-corrected chi connectivity index (χ0v) is 11.0. The Morgan fingerprint density at radius 3 is 2.38 bits per heavy atom. The van der Waals surface area contributed by atoms with E-state index in [1.165, 1.54) is 12.8 Å². The molecule has 0 spiro atoms. The number of rotatable bonds is 6. The van der Waals surface area contributed by atoms with Gasteiger partial charge in [-0.25, -0.2) is 0 Å². The molecule has 94 valence electrons. The van der Waals surface area contributed by atoms with E-state index in [0.29, 0.717) is 5.91 Å². The lowest BCUT2D eigenvalue weighted by atomic mass is 10.1. The van der Waals surface area contributed by atoms with Crippen LogP contribution in [0.25, 0.3) is 0 Å². The van der Waals surface area contributed by atoms with Gasteiger partial charge in [-0.2, -0.15) is 0 Å². The maximum absolute atomic E-state index is 12.3. The first-order chi connectivity index (χ1) is 7.70. The van der Waals surface area contributed by atoms with Gasteiger partial charge >= 0.3 is 0 Å². The van der Waals surface area contributed by atoms with Gasteiger partial charge in [0.05, 0.1) is 6.04 Å². The van der Waals surface area contributed by atoms with E-state index in [2.05, 4.69) is 18.7 Å². The molecule has 1 heterocycles. The van der Waals surface area contributed by atoms with E-state index < -0.39 is 0 Å². The Morgan fingerprint density at radius 2 is 1.88 bits per heavy atom. The Labute approximate surface area is 99.8 Å². The number of nitrogens with zero attached hydrogens (tertiary/aromatic N) is 2. The zero-order chi connectivity index (χ0) is 12.0. The number of hydrogen-bond donors (Lipinski definition) is 0. The number of hydrogen-bond acceptors (Lipinski definition) is 2. The van der Waals surface area contributed by atoms with Crippen molar-refractivity contribution >= 4 is 5.91 Å². The molecule has 1 rings (SSSR count). The first-order valence-corrected chi connectivity index (χ1v) is 6.69. The number of likely N-dealkylation sites (N-methyl/N-ethyl adjacent to an activating group) is 1. The summed E-state index contributed by atoms with van der Waals surface area (Å²) in [6.07, 6.45) is 5.65. The fourth-order valence-corrected chi connectivity index (χ4v) is 2.49. The Bertz CT molecular complexity index is 212. The van der Waals surface area contributed by atoms with Crippen molar-refractivity contribution in [1.82, 2.24) is 9.80 Å². The molecule has 3 heteroatoms. The van der Waals surface area contributed by atoms with E-state index >= 15 is 0 Å². The molecule has 0 aliphatic carbocycles. The smallest absolute Gasteiger partial charge is 0.239 e. The lowest BCUT2D eigenvalue weighted by Crippen LogP contribution is -2.46. The van der Waals surface area contributed by atoms with Crippen molar-refractivity contribution in [3.8, 4) is 0 Å². The highest BCUT2D eigenvalue weighted by atomic mass is 16.2. The average molecular weight is 226 g/mol. The Balaban J connectivity index is 2.56.